The highest BCUT2D eigenvalue weighted by atomic mass is 16.5. The van der Waals surface area contributed by atoms with Gasteiger partial charge in [-0.2, -0.15) is 0 Å². The smallest absolute Gasteiger partial charge is 0.305 e. The molecule has 2 N–H and O–H groups in total. The topological polar surface area (TPSA) is 52.3 Å². The summed E-state index contributed by atoms with van der Waals surface area (Å²) >= 11 is 0. The second-order valence-corrected chi connectivity index (χ2v) is 4.80. The van der Waals surface area contributed by atoms with E-state index in [1.54, 1.807) is 0 Å². The number of hydrogen-bond donors (Lipinski definition) is 1. The molecule has 1 aromatic carbocycles. The molecule has 0 heterocycles. The number of ether oxygens (including phenoxy) is 1. The van der Waals surface area contributed by atoms with Crippen LogP contribution >= 0.6 is 0 Å². The summed E-state index contributed by atoms with van der Waals surface area (Å²) in [6.07, 6.45) is 4.56. The lowest BCUT2D eigenvalue weighted by Gasteiger charge is -2.12. The Labute approximate surface area is 116 Å². The van der Waals surface area contributed by atoms with Crippen molar-refractivity contribution < 1.29 is 9.53 Å². The maximum Gasteiger partial charge on any atom is 0.305 e. The first-order chi connectivity index (χ1) is 9.17. The second kappa shape index (κ2) is 8.70. The van der Waals surface area contributed by atoms with E-state index in [2.05, 4.69) is 31.2 Å². The van der Waals surface area contributed by atoms with Gasteiger partial charge in [0, 0.05) is 12.5 Å². The van der Waals surface area contributed by atoms with Gasteiger partial charge in [0.1, 0.15) is 0 Å². The van der Waals surface area contributed by atoms with Crippen LogP contribution in [0.2, 0.25) is 0 Å². The number of esters is 1. The minimum atomic E-state index is -0.169. The number of benzene rings is 1. The molecule has 3 nitrogen and oxygen atoms in total. The molecule has 0 aliphatic heterocycles. The van der Waals surface area contributed by atoms with E-state index in [9.17, 15) is 4.79 Å². The normalized spacial score (nSPS) is 12.2. The largest absolute Gasteiger partial charge is 0.466 e. The van der Waals surface area contributed by atoms with Gasteiger partial charge in [0.2, 0.25) is 0 Å². The van der Waals surface area contributed by atoms with Crippen molar-refractivity contribution in [2.45, 2.75) is 52.0 Å². The first-order valence-electron chi connectivity index (χ1n) is 7.17. The summed E-state index contributed by atoms with van der Waals surface area (Å²) in [5.74, 6) is -0.169. The molecule has 0 saturated carbocycles. The molecule has 3 heteroatoms. The molecule has 1 atom stereocenters. The predicted octanol–water partition coefficient (Wildman–Crippen LogP) is 3.37. The summed E-state index contributed by atoms with van der Waals surface area (Å²) in [6.45, 7) is 4.44. The first kappa shape index (κ1) is 15.7. The molecular weight excluding hydrogens is 238 g/mol. The number of nitrogens with two attached hydrogens (primary N) is 1. The highest BCUT2D eigenvalue weighted by Crippen LogP contribution is 2.17. The molecule has 1 aromatic rings. The standard InChI is InChI=1S/C16H25NO2/c1-3-5-6-13-7-9-14(10-8-13)15(17)11-12-16(18)19-4-2/h7-10,15H,3-6,11-12,17H2,1-2H3. The van der Waals surface area contributed by atoms with Crippen molar-refractivity contribution in [3.63, 3.8) is 0 Å². The quantitative estimate of drug-likeness (QED) is 0.732. The third kappa shape index (κ3) is 5.88. The number of aryl methyl sites for hydroxylation is 1. The van der Waals surface area contributed by atoms with E-state index in [1.165, 1.54) is 18.4 Å². The van der Waals surface area contributed by atoms with Gasteiger partial charge in [0.25, 0.3) is 0 Å². The molecule has 0 spiro atoms. The summed E-state index contributed by atoms with van der Waals surface area (Å²) in [7, 11) is 0. The average Bonchev–Trinajstić information content (AvgIpc) is 2.43. The molecule has 0 radical (unpaired) electrons. The molecule has 1 unspecified atom stereocenters. The highest BCUT2D eigenvalue weighted by molar-refractivity contribution is 5.69. The monoisotopic (exact) mass is 263 g/mol. The Balaban J connectivity index is 2.43. The van der Waals surface area contributed by atoms with Gasteiger partial charge in [-0.05, 0) is 37.3 Å². The summed E-state index contributed by atoms with van der Waals surface area (Å²) in [6, 6.07) is 8.32. The van der Waals surface area contributed by atoms with E-state index in [4.69, 9.17) is 10.5 Å². The third-order valence-corrected chi connectivity index (χ3v) is 3.19. The SMILES string of the molecule is CCCCc1ccc(C(N)CCC(=O)OCC)cc1. The van der Waals surface area contributed by atoms with Crippen LogP contribution in [0.5, 0.6) is 0 Å². The fourth-order valence-corrected chi connectivity index (χ4v) is 1.99. The van der Waals surface area contributed by atoms with Gasteiger partial charge in [-0.3, -0.25) is 4.79 Å². The fourth-order valence-electron chi connectivity index (χ4n) is 1.99. The molecule has 0 aliphatic rings. The van der Waals surface area contributed by atoms with E-state index in [0.29, 0.717) is 19.4 Å². The molecule has 106 valence electrons. The van der Waals surface area contributed by atoms with Crippen molar-refractivity contribution in [3.8, 4) is 0 Å². The van der Waals surface area contributed by atoms with Crippen LogP contribution in [0.4, 0.5) is 0 Å². The third-order valence-electron chi connectivity index (χ3n) is 3.19. The van der Waals surface area contributed by atoms with Crippen molar-refractivity contribution in [1.29, 1.82) is 0 Å². The van der Waals surface area contributed by atoms with Gasteiger partial charge in [0.15, 0.2) is 0 Å². The molecule has 0 bridgehead atoms. The number of carbonyl (C=O) groups excluding carboxylic acids is 1. The summed E-state index contributed by atoms with van der Waals surface area (Å²) in [5.41, 5.74) is 8.52. The Morgan fingerprint density at radius 2 is 1.95 bits per heavy atom. The predicted molar refractivity (Wildman–Crippen MR) is 77.8 cm³/mol. The molecule has 0 aromatic heterocycles. The fraction of sp³-hybridized carbons (Fsp3) is 0.562. The van der Waals surface area contributed by atoms with E-state index in [1.807, 2.05) is 6.92 Å². The van der Waals surface area contributed by atoms with Crippen LogP contribution in [0, 0.1) is 0 Å². The Morgan fingerprint density at radius 1 is 1.26 bits per heavy atom. The maximum absolute atomic E-state index is 11.3. The maximum atomic E-state index is 11.3. The average molecular weight is 263 g/mol. The van der Waals surface area contributed by atoms with Crippen LogP contribution in [0.1, 0.15) is 56.7 Å². The Bertz CT molecular complexity index is 373. The summed E-state index contributed by atoms with van der Waals surface area (Å²) in [5, 5.41) is 0. The van der Waals surface area contributed by atoms with Crippen LogP contribution in [-0.4, -0.2) is 12.6 Å². The zero-order valence-electron chi connectivity index (χ0n) is 12.0. The van der Waals surface area contributed by atoms with Gasteiger partial charge in [-0.25, -0.2) is 0 Å². The Hall–Kier alpha value is -1.35. The van der Waals surface area contributed by atoms with Crippen LogP contribution in [0.25, 0.3) is 0 Å². The number of carbonyl (C=O) groups is 1. The van der Waals surface area contributed by atoms with E-state index in [-0.39, 0.29) is 12.0 Å². The van der Waals surface area contributed by atoms with Crippen molar-refractivity contribution >= 4 is 5.97 Å². The second-order valence-electron chi connectivity index (χ2n) is 4.80. The summed E-state index contributed by atoms with van der Waals surface area (Å²) in [4.78, 5) is 11.3. The number of unbranched alkanes of at least 4 members (excludes halogenated alkanes) is 1. The van der Waals surface area contributed by atoms with Crippen molar-refractivity contribution in [2.24, 2.45) is 5.73 Å². The van der Waals surface area contributed by atoms with Gasteiger partial charge in [0.05, 0.1) is 6.61 Å². The first-order valence-corrected chi connectivity index (χ1v) is 7.17. The van der Waals surface area contributed by atoms with Crippen molar-refractivity contribution in [2.75, 3.05) is 6.61 Å². The molecule has 0 amide bonds. The molecule has 0 fully saturated rings. The number of hydrogen-bond acceptors (Lipinski definition) is 3. The van der Waals surface area contributed by atoms with Crippen molar-refractivity contribution in [3.05, 3.63) is 35.4 Å². The van der Waals surface area contributed by atoms with Crippen LogP contribution < -0.4 is 5.73 Å². The summed E-state index contributed by atoms with van der Waals surface area (Å²) < 4.78 is 4.90. The van der Waals surface area contributed by atoms with Gasteiger partial charge >= 0.3 is 5.97 Å². The molecule has 0 aliphatic carbocycles. The zero-order valence-corrected chi connectivity index (χ0v) is 12.0. The van der Waals surface area contributed by atoms with Crippen LogP contribution in [0.15, 0.2) is 24.3 Å². The molecular formula is C16H25NO2. The lowest BCUT2D eigenvalue weighted by molar-refractivity contribution is -0.143. The lowest BCUT2D eigenvalue weighted by atomic mass is 10.00. The highest BCUT2D eigenvalue weighted by Gasteiger charge is 2.09. The number of rotatable bonds is 8. The zero-order chi connectivity index (χ0) is 14.1. The van der Waals surface area contributed by atoms with Gasteiger partial charge < -0.3 is 10.5 Å². The van der Waals surface area contributed by atoms with Crippen LogP contribution in [-0.2, 0) is 16.0 Å². The molecule has 0 saturated heterocycles. The van der Waals surface area contributed by atoms with E-state index in [0.717, 1.165) is 12.0 Å². The molecule has 1 rings (SSSR count). The van der Waals surface area contributed by atoms with Gasteiger partial charge in [-0.1, -0.05) is 37.6 Å². The van der Waals surface area contributed by atoms with E-state index < -0.39 is 0 Å². The lowest BCUT2D eigenvalue weighted by Crippen LogP contribution is -2.13. The van der Waals surface area contributed by atoms with Crippen LogP contribution in [0.3, 0.4) is 0 Å². The Kier molecular flexibility index (Phi) is 7.19. The minimum absolute atomic E-state index is 0.0929. The van der Waals surface area contributed by atoms with E-state index >= 15 is 0 Å². The van der Waals surface area contributed by atoms with Crippen molar-refractivity contribution in [1.82, 2.24) is 0 Å². The Morgan fingerprint density at radius 3 is 2.53 bits per heavy atom. The minimum Gasteiger partial charge on any atom is -0.466 e. The van der Waals surface area contributed by atoms with Gasteiger partial charge in [-0.15, -0.1) is 0 Å². The molecule has 19 heavy (non-hydrogen) atoms.